The first kappa shape index (κ1) is 12.6. The van der Waals surface area contributed by atoms with Crippen LogP contribution in [0.4, 0.5) is 0 Å². The molecule has 0 spiro atoms. The van der Waals surface area contributed by atoms with Crippen molar-refractivity contribution in [3.8, 4) is 0 Å². The predicted molar refractivity (Wildman–Crippen MR) is 70.3 cm³/mol. The predicted octanol–water partition coefficient (Wildman–Crippen LogP) is 3.53. The molecule has 0 amide bonds. The van der Waals surface area contributed by atoms with E-state index in [1.165, 1.54) is 24.8 Å². The van der Waals surface area contributed by atoms with Crippen molar-refractivity contribution < 1.29 is 4.84 Å². The number of benzene rings is 1. The summed E-state index contributed by atoms with van der Waals surface area (Å²) >= 11 is 0. The summed E-state index contributed by atoms with van der Waals surface area (Å²) in [4.78, 5) is 5.59. The van der Waals surface area contributed by atoms with Crippen molar-refractivity contribution in [2.45, 2.75) is 45.8 Å². The fraction of sp³-hybridized carbons (Fsp3) is 0.600. The Morgan fingerprint density at radius 2 is 1.88 bits per heavy atom. The minimum Gasteiger partial charge on any atom is -0.297 e. The minimum atomic E-state index is 0.532. The van der Waals surface area contributed by atoms with Gasteiger partial charge < -0.3 is 0 Å². The van der Waals surface area contributed by atoms with Gasteiger partial charge in [0.2, 0.25) is 0 Å². The van der Waals surface area contributed by atoms with Crippen LogP contribution in [0, 0.1) is 11.8 Å². The van der Waals surface area contributed by atoms with Crippen LogP contribution in [0.25, 0.3) is 0 Å². The summed E-state index contributed by atoms with van der Waals surface area (Å²) < 4.78 is 0. The molecular formula is C15H23NO. The topological polar surface area (TPSA) is 21.3 Å². The van der Waals surface area contributed by atoms with E-state index >= 15 is 0 Å². The molecule has 2 nitrogen and oxygen atoms in total. The normalized spacial score (nSPS) is 29.2. The first-order valence-corrected chi connectivity index (χ1v) is 6.67. The van der Waals surface area contributed by atoms with Crippen molar-refractivity contribution >= 4 is 0 Å². The lowest BCUT2D eigenvalue weighted by molar-refractivity contribution is -0.0139. The van der Waals surface area contributed by atoms with E-state index < -0.39 is 0 Å². The molecule has 2 heteroatoms. The van der Waals surface area contributed by atoms with Crippen LogP contribution in [0.15, 0.2) is 30.3 Å². The smallest absolute Gasteiger partial charge is 0.0933 e. The SMILES string of the molecule is CC1CCC(NOCc2ccccc2)CC1C. The van der Waals surface area contributed by atoms with E-state index in [1.807, 2.05) is 18.2 Å². The molecule has 0 radical (unpaired) electrons. The molecule has 1 aliphatic carbocycles. The van der Waals surface area contributed by atoms with Crippen molar-refractivity contribution in [3.05, 3.63) is 35.9 Å². The molecule has 3 unspecified atom stereocenters. The van der Waals surface area contributed by atoms with Crippen LogP contribution in [0.2, 0.25) is 0 Å². The fourth-order valence-electron chi connectivity index (χ4n) is 2.47. The van der Waals surface area contributed by atoms with Crippen LogP contribution in [0.3, 0.4) is 0 Å². The molecule has 1 fully saturated rings. The van der Waals surface area contributed by atoms with E-state index in [2.05, 4.69) is 31.5 Å². The first-order chi connectivity index (χ1) is 8.25. The van der Waals surface area contributed by atoms with Gasteiger partial charge >= 0.3 is 0 Å². The summed E-state index contributed by atoms with van der Waals surface area (Å²) in [6.45, 7) is 5.35. The molecule has 0 heterocycles. The summed E-state index contributed by atoms with van der Waals surface area (Å²) in [5.41, 5.74) is 4.44. The molecule has 0 saturated heterocycles. The van der Waals surface area contributed by atoms with E-state index in [4.69, 9.17) is 4.84 Å². The molecule has 0 aliphatic heterocycles. The lowest BCUT2D eigenvalue weighted by Crippen LogP contribution is -2.36. The van der Waals surface area contributed by atoms with Crippen molar-refractivity contribution in [1.29, 1.82) is 0 Å². The summed E-state index contributed by atoms with van der Waals surface area (Å²) in [7, 11) is 0. The highest BCUT2D eigenvalue weighted by Crippen LogP contribution is 2.29. The minimum absolute atomic E-state index is 0.532. The Kier molecular flexibility index (Phi) is 4.57. The molecule has 2 rings (SSSR count). The van der Waals surface area contributed by atoms with E-state index in [0.717, 1.165) is 11.8 Å². The zero-order valence-electron chi connectivity index (χ0n) is 10.9. The first-order valence-electron chi connectivity index (χ1n) is 6.67. The van der Waals surface area contributed by atoms with Crippen molar-refractivity contribution in [2.75, 3.05) is 0 Å². The molecule has 1 saturated carbocycles. The molecule has 17 heavy (non-hydrogen) atoms. The molecule has 1 aliphatic rings. The van der Waals surface area contributed by atoms with E-state index in [-0.39, 0.29) is 0 Å². The van der Waals surface area contributed by atoms with Crippen LogP contribution < -0.4 is 5.48 Å². The third kappa shape index (κ3) is 3.83. The monoisotopic (exact) mass is 233 g/mol. The molecule has 94 valence electrons. The van der Waals surface area contributed by atoms with Gasteiger partial charge in [-0.2, -0.15) is 5.48 Å². The Labute approximate surface area is 104 Å². The second-order valence-corrected chi connectivity index (χ2v) is 5.36. The van der Waals surface area contributed by atoms with E-state index in [9.17, 15) is 0 Å². The lowest BCUT2D eigenvalue weighted by atomic mass is 9.79. The maximum atomic E-state index is 5.59. The average Bonchev–Trinajstić information content (AvgIpc) is 2.35. The molecule has 1 aromatic carbocycles. The van der Waals surface area contributed by atoms with Crippen LogP contribution >= 0.6 is 0 Å². The summed E-state index contributed by atoms with van der Waals surface area (Å²) in [5.74, 6) is 1.67. The van der Waals surface area contributed by atoms with Crippen LogP contribution in [0.5, 0.6) is 0 Å². The quantitative estimate of drug-likeness (QED) is 0.803. The molecule has 1 N–H and O–H groups in total. The Morgan fingerprint density at radius 1 is 1.12 bits per heavy atom. The largest absolute Gasteiger partial charge is 0.297 e. The highest BCUT2D eigenvalue weighted by atomic mass is 16.6. The van der Waals surface area contributed by atoms with Crippen LogP contribution in [-0.2, 0) is 11.4 Å². The Hall–Kier alpha value is -0.860. The Bertz CT molecular complexity index is 325. The van der Waals surface area contributed by atoms with Crippen molar-refractivity contribution in [2.24, 2.45) is 11.8 Å². The molecule has 0 aromatic heterocycles. The molecule has 3 atom stereocenters. The van der Waals surface area contributed by atoms with Gasteiger partial charge in [-0.15, -0.1) is 0 Å². The van der Waals surface area contributed by atoms with Crippen LogP contribution in [-0.4, -0.2) is 6.04 Å². The average molecular weight is 233 g/mol. The van der Waals surface area contributed by atoms with Crippen molar-refractivity contribution in [1.82, 2.24) is 5.48 Å². The molecule has 1 aromatic rings. The fourth-order valence-corrected chi connectivity index (χ4v) is 2.47. The second kappa shape index (κ2) is 6.18. The Morgan fingerprint density at radius 3 is 2.59 bits per heavy atom. The third-order valence-corrected chi connectivity index (χ3v) is 3.93. The standard InChI is InChI=1S/C15H23NO/c1-12-8-9-15(10-13(12)2)16-17-11-14-6-4-3-5-7-14/h3-7,12-13,15-16H,8-11H2,1-2H3. The van der Waals surface area contributed by atoms with Gasteiger partial charge in [-0.25, -0.2) is 0 Å². The van der Waals surface area contributed by atoms with Crippen LogP contribution in [0.1, 0.15) is 38.7 Å². The summed E-state index contributed by atoms with van der Waals surface area (Å²) in [5, 5.41) is 0. The number of nitrogens with one attached hydrogen (secondary N) is 1. The zero-order valence-corrected chi connectivity index (χ0v) is 10.9. The van der Waals surface area contributed by atoms with Gasteiger partial charge in [-0.3, -0.25) is 4.84 Å². The summed E-state index contributed by atoms with van der Waals surface area (Å²) in [6.07, 6.45) is 3.78. The number of hydrogen-bond donors (Lipinski definition) is 1. The lowest BCUT2D eigenvalue weighted by Gasteiger charge is -2.32. The number of rotatable bonds is 4. The van der Waals surface area contributed by atoms with Gasteiger partial charge in [-0.05, 0) is 36.7 Å². The summed E-state index contributed by atoms with van der Waals surface area (Å²) in [6, 6.07) is 10.8. The maximum Gasteiger partial charge on any atom is 0.0933 e. The number of hydroxylamine groups is 1. The Balaban J connectivity index is 1.69. The third-order valence-electron chi connectivity index (χ3n) is 3.93. The molecule has 0 bridgehead atoms. The highest BCUT2D eigenvalue weighted by Gasteiger charge is 2.24. The van der Waals surface area contributed by atoms with Gasteiger partial charge in [0.1, 0.15) is 0 Å². The van der Waals surface area contributed by atoms with Gasteiger partial charge in [0, 0.05) is 6.04 Å². The van der Waals surface area contributed by atoms with Gasteiger partial charge in [0.25, 0.3) is 0 Å². The van der Waals surface area contributed by atoms with Gasteiger partial charge in [-0.1, -0.05) is 44.2 Å². The van der Waals surface area contributed by atoms with E-state index in [0.29, 0.717) is 12.6 Å². The van der Waals surface area contributed by atoms with Gasteiger partial charge in [0.05, 0.1) is 6.61 Å². The van der Waals surface area contributed by atoms with E-state index in [1.54, 1.807) is 0 Å². The van der Waals surface area contributed by atoms with Gasteiger partial charge in [0.15, 0.2) is 0 Å². The molecular weight excluding hydrogens is 210 g/mol. The second-order valence-electron chi connectivity index (χ2n) is 5.36. The maximum absolute atomic E-state index is 5.59. The number of hydrogen-bond acceptors (Lipinski definition) is 2. The zero-order chi connectivity index (χ0) is 12.1. The van der Waals surface area contributed by atoms with Crippen molar-refractivity contribution in [3.63, 3.8) is 0 Å². The highest BCUT2D eigenvalue weighted by molar-refractivity contribution is 5.13.